The smallest absolute Gasteiger partial charge is 0.243 e. The Morgan fingerprint density at radius 2 is 2.38 bits per heavy atom. The minimum atomic E-state index is -0.429. The molecule has 16 heavy (non-hydrogen) atoms. The van der Waals surface area contributed by atoms with E-state index in [1.807, 2.05) is 0 Å². The Morgan fingerprint density at radius 1 is 1.62 bits per heavy atom. The van der Waals surface area contributed by atoms with Crippen molar-refractivity contribution in [3.05, 3.63) is 21.9 Å². The lowest BCUT2D eigenvalue weighted by molar-refractivity contribution is -0.122. The number of thiophene rings is 1. The van der Waals surface area contributed by atoms with E-state index < -0.39 is 5.91 Å². The van der Waals surface area contributed by atoms with Crippen LogP contribution in [0.1, 0.15) is 22.7 Å². The monoisotopic (exact) mass is 242 g/mol. The predicted molar refractivity (Wildman–Crippen MR) is 65.5 cm³/mol. The molecule has 1 aromatic rings. The third-order valence-corrected chi connectivity index (χ3v) is 3.31. The Morgan fingerprint density at radius 3 is 2.94 bits per heavy atom. The van der Waals surface area contributed by atoms with E-state index in [4.69, 9.17) is 10.5 Å². The van der Waals surface area contributed by atoms with Gasteiger partial charge in [0.05, 0.1) is 6.61 Å². The number of aryl methyl sites for hydroxylation is 1. The van der Waals surface area contributed by atoms with E-state index in [9.17, 15) is 4.79 Å². The number of hydrogen-bond acceptors (Lipinski definition) is 4. The summed E-state index contributed by atoms with van der Waals surface area (Å²) < 4.78 is 5.05. The van der Waals surface area contributed by atoms with Crippen molar-refractivity contribution in [2.75, 3.05) is 19.8 Å². The largest absolute Gasteiger partial charge is 0.370 e. The second kappa shape index (κ2) is 6.62. The van der Waals surface area contributed by atoms with Gasteiger partial charge in [-0.15, -0.1) is 11.3 Å². The summed E-state index contributed by atoms with van der Waals surface area (Å²) in [6.45, 7) is 5.41. The topological polar surface area (TPSA) is 64.3 Å². The van der Waals surface area contributed by atoms with Crippen LogP contribution in [-0.2, 0) is 9.53 Å². The molecule has 0 spiro atoms. The van der Waals surface area contributed by atoms with Crippen LogP contribution in [0, 0.1) is 6.92 Å². The van der Waals surface area contributed by atoms with E-state index >= 15 is 0 Å². The maximum Gasteiger partial charge on any atom is 0.243 e. The Kier molecular flexibility index (Phi) is 5.45. The van der Waals surface area contributed by atoms with Gasteiger partial charge in [-0.3, -0.25) is 4.79 Å². The molecule has 1 aromatic heterocycles. The second-order valence-corrected chi connectivity index (χ2v) is 4.96. The number of primary amides is 1. The van der Waals surface area contributed by atoms with E-state index in [0.717, 1.165) is 0 Å². The fraction of sp³-hybridized carbons (Fsp3) is 0.545. The van der Waals surface area contributed by atoms with Crippen molar-refractivity contribution in [3.63, 3.8) is 0 Å². The van der Waals surface area contributed by atoms with Gasteiger partial charge in [0, 0.05) is 22.3 Å². The van der Waals surface area contributed by atoms with Crippen molar-refractivity contribution < 1.29 is 9.53 Å². The Hall–Kier alpha value is -0.910. The fourth-order valence-electron chi connectivity index (χ4n) is 1.31. The maximum absolute atomic E-state index is 10.4. The minimum Gasteiger partial charge on any atom is -0.370 e. The molecule has 1 amide bonds. The fourth-order valence-corrected chi connectivity index (χ4v) is 2.21. The Balaban J connectivity index is 2.15. The molecule has 90 valence electrons. The lowest BCUT2D eigenvalue weighted by atomic mass is 10.3. The third-order valence-electron chi connectivity index (χ3n) is 2.13. The number of carbonyl (C=O) groups is 1. The molecule has 0 aliphatic heterocycles. The predicted octanol–water partition coefficient (Wildman–Crippen LogP) is 1.21. The van der Waals surface area contributed by atoms with Crippen LogP contribution in [0.5, 0.6) is 0 Å². The Bertz CT molecular complexity index is 338. The van der Waals surface area contributed by atoms with Gasteiger partial charge in [-0.05, 0) is 26.0 Å². The molecule has 0 saturated heterocycles. The molecule has 0 radical (unpaired) electrons. The van der Waals surface area contributed by atoms with Crippen molar-refractivity contribution >= 4 is 17.2 Å². The van der Waals surface area contributed by atoms with Crippen LogP contribution >= 0.6 is 11.3 Å². The number of carbonyl (C=O) groups excluding carboxylic acids is 1. The number of amides is 1. The SMILES string of the molecule is Cc1ccc(C(C)NCCOCC(N)=O)s1. The van der Waals surface area contributed by atoms with Gasteiger partial charge in [0.2, 0.25) is 5.91 Å². The first-order chi connectivity index (χ1) is 7.59. The molecule has 0 fully saturated rings. The number of nitrogens with one attached hydrogen (secondary N) is 1. The molecule has 1 rings (SSSR count). The summed E-state index contributed by atoms with van der Waals surface area (Å²) in [5.74, 6) is -0.429. The molecular formula is C11H18N2O2S. The lowest BCUT2D eigenvalue weighted by Gasteiger charge is -2.11. The molecule has 0 bridgehead atoms. The van der Waals surface area contributed by atoms with Gasteiger partial charge in [-0.1, -0.05) is 0 Å². The first kappa shape index (κ1) is 13.2. The first-order valence-electron chi connectivity index (χ1n) is 5.25. The van der Waals surface area contributed by atoms with Gasteiger partial charge in [0.1, 0.15) is 6.61 Å². The molecule has 0 aliphatic carbocycles. The van der Waals surface area contributed by atoms with E-state index in [1.54, 1.807) is 11.3 Å². The number of rotatable bonds is 7. The highest BCUT2D eigenvalue weighted by atomic mass is 32.1. The van der Waals surface area contributed by atoms with Crippen molar-refractivity contribution in [2.24, 2.45) is 5.73 Å². The maximum atomic E-state index is 10.4. The average molecular weight is 242 g/mol. The summed E-state index contributed by atoms with van der Waals surface area (Å²) in [6.07, 6.45) is 0. The Labute approximate surface area is 99.8 Å². The van der Waals surface area contributed by atoms with Crippen molar-refractivity contribution in [1.29, 1.82) is 0 Å². The summed E-state index contributed by atoms with van der Waals surface area (Å²) >= 11 is 1.79. The molecule has 0 saturated carbocycles. The van der Waals surface area contributed by atoms with Crippen LogP contribution < -0.4 is 11.1 Å². The zero-order chi connectivity index (χ0) is 12.0. The molecule has 0 aromatic carbocycles. The standard InChI is InChI=1S/C11H18N2O2S/c1-8-3-4-10(16-8)9(2)13-5-6-15-7-11(12)14/h3-4,9,13H,5-7H2,1-2H3,(H2,12,14). The summed E-state index contributed by atoms with van der Waals surface area (Å²) in [5, 5.41) is 3.32. The summed E-state index contributed by atoms with van der Waals surface area (Å²) in [4.78, 5) is 13.0. The molecule has 4 nitrogen and oxygen atoms in total. The zero-order valence-corrected chi connectivity index (χ0v) is 10.5. The highest BCUT2D eigenvalue weighted by Crippen LogP contribution is 2.21. The van der Waals surface area contributed by atoms with Gasteiger partial charge in [-0.2, -0.15) is 0 Å². The normalized spacial score (nSPS) is 12.6. The van der Waals surface area contributed by atoms with E-state index in [2.05, 4.69) is 31.3 Å². The van der Waals surface area contributed by atoms with Crippen molar-refractivity contribution in [3.8, 4) is 0 Å². The van der Waals surface area contributed by atoms with E-state index in [1.165, 1.54) is 9.75 Å². The van der Waals surface area contributed by atoms with Crippen LogP contribution in [0.15, 0.2) is 12.1 Å². The molecular weight excluding hydrogens is 224 g/mol. The van der Waals surface area contributed by atoms with Gasteiger partial charge >= 0.3 is 0 Å². The second-order valence-electron chi connectivity index (χ2n) is 3.64. The molecule has 0 aliphatic rings. The number of nitrogens with two attached hydrogens (primary N) is 1. The van der Waals surface area contributed by atoms with Crippen LogP contribution in [-0.4, -0.2) is 25.7 Å². The molecule has 1 atom stereocenters. The average Bonchev–Trinajstić information content (AvgIpc) is 2.63. The quantitative estimate of drug-likeness (QED) is 0.706. The van der Waals surface area contributed by atoms with Gasteiger partial charge < -0.3 is 15.8 Å². The highest BCUT2D eigenvalue weighted by Gasteiger charge is 2.06. The van der Waals surface area contributed by atoms with Crippen molar-refractivity contribution in [2.45, 2.75) is 19.9 Å². The van der Waals surface area contributed by atoms with Crippen LogP contribution in [0.25, 0.3) is 0 Å². The number of hydrogen-bond donors (Lipinski definition) is 2. The van der Waals surface area contributed by atoms with Crippen LogP contribution in [0.3, 0.4) is 0 Å². The summed E-state index contributed by atoms with van der Waals surface area (Å²) in [5.41, 5.74) is 4.95. The van der Waals surface area contributed by atoms with Gasteiger partial charge in [0.15, 0.2) is 0 Å². The lowest BCUT2D eigenvalue weighted by Crippen LogP contribution is -2.25. The van der Waals surface area contributed by atoms with Crippen LogP contribution in [0.4, 0.5) is 0 Å². The number of ether oxygens (including phenoxy) is 1. The molecule has 1 heterocycles. The van der Waals surface area contributed by atoms with E-state index in [-0.39, 0.29) is 6.61 Å². The summed E-state index contributed by atoms with van der Waals surface area (Å²) in [7, 11) is 0. The van der Waals surface area contributed by atoms with Gasteiger partial charge in [-0.25, -0.2) is 0 Å². The zero-order valence-electron chi connectivity index (χ0n) is 9.66. The minimum absolute atomic E-state index is 0.00578. The molecule has 3 N–H and O–H groups in total. The van der Waals surface area contributed by atoms with Crippen molar-refractivity contribution in [1.82, 2.24) is 5.32 Å². The molecule has 5 heteroatoms. The summed E-state index contributed by atoms with van der Waals surface area (Å²) in [6, 6.07) is 4.56. The highest BCUT2D eigenvalue weighted by molar-refractivity contribution is 7.12. The molecule has 1 unspecified atom stereocenters. The van der Waals surface area contributed by atoms with Gasteiger partial charge in [0.25, 0.3) is 0 Å². The van der Waals surface area contributed by atoms with E-state index in [0.29, 0.717) is 19.2 Å². The third kappa shape index (κ3) is 4.74. The first-order valence-corrected chi connectivity index (χ1v) is 6.07. The van der Waals surface area contributed by atoms with Crippen LogP contribution in [0.2, 0.25) is 0 Å².